The zero-order valence-electron chi connectivity index (χ0n) is 21.9. The van der Waals surface area contributed by atoms with Gasteiger partial charge in [-0.1, -0.05) is 93.1 Å². The molecule has 0 fully saturated rings. The lowest BCUT2D eigenvalue weighted by atomic mass is 9.90. The molecule has 188 valence electrons. The van der Waals surface area contributed by atoms with Gasteiger partial charge in [0.05, 0.1) is 0 Å². The molecular formula is C33H43FO. The van der Waals surface area contributed by atoms with Crippen LogP contribution in [0.4, 0.5) is 4.39 Å². The average Bonchev–Trinajstić information content (AvgIpc) is 3.09. The van der Waals surface area contributed by atoms with Crippen molar-refractivity contribution in [3.05, 3.63) is 94.6 Å². The SMILES string of the molecule is CC1C=CC(C(OCCC2CCC=C(Cc3ccc(C(C)C)cc3)CC2)C2=CCC(F)C=C2)=CC1. The van der Waals surface area contributed by atoms with E-state index >= 15 is 0 Å². The maximum Gasteiger partial charge on any atom is 0.122 e. The molecule has 2 heteroatoms. The summed E-state index contributed by atoms with van der Waals surface area (Å²) in [5.41, 5.74) is 6.77. The zero-order chi connectivity index (χ0) is 24.6. The van der Waals surface area contributed by atoms with Crippen LogP contribution in [0.15, 0.2) is 83.5 Å². The fraction of sp³-hybridized carbons (Fsp3) is 0.515. The minimum atomic E-state index is -0.865. The van der Waals surface area contributed by atoms with Crippen molar-refractivity contribution < 1.29 is 9.13 Å². The van der Waals surface area contributed by atoms with Crippen molar-refractivity contribution in [2.45, 2.75) is 90.3 Å². The molecule has 0 radical (unpaired) electrons. The summed E-state index contributed by atoms with van der Waals surface area (Å²) in [6.45, 7) is 7.50. The summed E-state index contributed by atoms with van der Waals surface area (Å²) in [6, 6.07) is 9.19. The van der Waals surface area contributed by atoms with Gasteiger partial charge >= 0.3 is 0 Å². The van der Waals surface area contributed by atoms with Crippen LogP contribution in [0.25, 0.3) is 0 Å². The second-order valence-corrected chi connectivity index (χ2v) is 11.0. The predicted octanol–water partition coefficient (Wildman–Crippen LogP) is 8.99. The van der Waals surface area contributed by atoms with Crippen LogP contribution in [0.5, 0.6) is 0 Å². The van der Waals surface area contributed by atoms with Crippen LogP contribution in [0.2, 0.25) is 0 Å². The van der Waals surface area contributed by atoms with E-state index < -0.39 is 6.17 Å². The first-order valence-electron chi connectivity index (χ1n) is 13.8. The van der Waals surface area contributed by atoms with Crippen LogP contribution in [0.1, 0.15) is 82.8 Å². The van der Waals surface area contributed by atoms with E-state index in [1.807, 2.05) is 12.2 Å². The Bertz CT molecular complexity index is 939. The molecule has 3 aliphatic rings. The number of hydrogen-bond acceptors (Lipinski definition) is 1. The van der Waals surface area contributed by atoms with Gasteiger partial charge in [-0.3, -0.25) is 0 Å². The molecular weight excluding hydrogens is 431 g/mol. The number of halogens is 1. The molecule has 0 saturated heterocycles. The normalized spacial score (nSPS) is 25.6. The van der Waals surface area contributed by atoms with Gasteiger partial charge in [-0.05, 0) is 85.0 Å². The number of rotatable bonds is 9. The van der Waals surface area contributed by atoms with E-state index in [-0.39, 0.29) is 6.10 Å². The maximum absolute atomic E-state index is 13.7. The zero-order valence-corrected chi connectivity index (χ0v) is 21.9. The van der Waals surface area contributed by atoms with Crippen molar-refractivity contribution in [1.82, 2.24) is 0 Å². The standard InChI is InChI=1S/C33H43FO/c1-24(2)29-15-11-28(12-16-29)23-27-6-4-5-26(9-10-27)21-22-35-33(30-13-7-25(3)8-14-30)31-17-19-32(34)20-18-31/h6-7,11-19,24-26,32-33H,4-5,8-10,20-23H2,1-3H3. The van der Waals surface area contributed by atoms with Crippen LogP contribution >= 0.6 is 0 Å². The highest BCUT2D eigenvalue weighted by molar-refractivity contribution is 5.40. The molecule has 0 amide bonds. The second-order valence-electron chi connectivity index (χ2n) is 11.0. The summed E-state index contributed by atoms with van der Waals surface area (Å²) in [7, 11) is 0. The minimum Gasteiger partial charge on any atom is -0.369 e. The highest BCUT2D eigenvalue weighted by atomic mass is 19.1. The highest BCUT2D eigenvalue weighted by Crippen LogP contribution is 2.30. The van der Waals surface area contributed by atoms with Gasteiger partial charge in [0.25, 0.3) is 0 Å². The Hall–Kier alpha value is -2.19. The first-order chi connectivity index (χ1) is 17.0. The van der Waals surface area contributed by atoms with Gasteiger partial charge in [0.1, 0.15) is 12.3 Å². The molecule has 0 N–H and O–H groups in total. The molecule has 0 aromatic heterocycles. The third kappa shape index (κ3) is 7.64. The Balaban J connectivity index is 1.28. The Labute approximate surface area is 212 Å². The molecule has 0 saturated carbocycles. The van der Waals surface area contributed by atoms with Crippen molar-refractivity contribution in [2.75, 3.05) is 6.61 Å². The monoisotopic (exact) mass is 474 g/mol. The summed E-state index contributed by atoms with van der Waals surface area (Å²) >= 11 is 0. The van der Waals surface area contributed by atoms with E-state index in [0.717, 1.165) is 31.4 Å². The summed E-state index contributed by atoms with van der Waals surface area (Å²) in [4.78, 5) is 0. The summed E-state index contributed by atoms with van der Waals surface area (Å²) in [6.07, 6.45) is 22.5. The van der Waals surface area contributed by atoms with Gasteiger partial charge < -0.3 is 4.74 Å². The lowest BCUT2D eigenvalue weighted by Crippen LogP contribution is -2.22. The minimum absolute atomic E-state index is 0.0734. The van der Waals surface area contributed by atoms with Crippen molar-refractivity contribution in [3.8, 4) is 0 Å². The molecule has 0 spiro atoms. The Morgan fingerprint density at radius 1 is 0.943 bits per heavy atom. The van der Waals surface area contributed by atoms with Gasteiger partial charge in [-0.15, -0.1) is 0 Å². The van der Waals surface area contributed by atoms with E-state index in [1.54, 1.807) is 11.6 Å². The second kappa shape index (κ2) is 12.7. The lowest BCUT2D eigenvalue weighted by Gasteiger charge is -2.26. The molecule has 3 aliphatic carbocycles. The largest absolute Gasteiger partial charge is 0.369 e. The van der Waals surface area contributed by atoms with E-state index in [4.69, 9.17) is 4.74 Å². The van der Waals surface area contributed by atoms with Gasteiger partial charge in [0.2, 0.25) is 0 Å². The number of alkyl halides is 1. The fourth-order valence-corrected chi connectivity index (χ4v) is 5.37. The van der Waals surface area contributed by atoms with E-state index in [1.165, 1.54) is 42.4 Å². The van der Waals surface area contributed by atoms with Crippen molar-refractivity contribution in [1.29, 1.82) is 0 Å². The Kier molecular flexibility index (Phi) is 9.38. The molecule has 1 aromatic rings. The van der Waals surface area contributed by atoms with Crippen molar-refractivity contribution in [2.24, 2.45) is 11.8 Å². The maximum atomic E-state index is 13.7. The summed E-state index contributed by atoms with van der Waals surface area (Å²) in [5, 5.41) is 0. The first kappa shape index (κ1) is 25.9. The quantitative estimate of drug-likeness (QED) is 0.324. The van der Waals surface area contributed by atoms with Crippen LogP contribution < -0.4 is 0 Å². The first-order valence-corrected chi connectivity index (χ1v) is 13.8. The third-order valence-electron chi connectivity index (χ3n) is 7.79. The highest BCUT2D eigenvalue weighted by Gasteiger charge is 2.22. The van der Waals surface area contributed by atoms with Gasteiger partial charge in [0.15, 0.2) is 0 Å². The lowest BCUT2D eigenvalue weighted by molar-refractivity contribution is 0.0898. The Morgan fingerprint density at radius 3 is 2.34 bits per heavy atom. The molecule has 4 unspecified atom stereocenters. The molecule has 4 rings (SSSR count). The van der Waals surface area contributed by atoms with Gasteiger partial charge in [-0.25, -0.2) is 4.39 Å². The summed E-state index contributed by atoms with van der Waals surface area (Å²) in [5.74, 6) is 1.87. The molecule has 1 aromatic carbocycles. The molecule has 1 nitrogen and oxygen atoms in total. The third-order valence-corrected chi connectivity index (χ3v) is 7.79. The van der Waals surface area contributed by atoms with Gasteiger partial charge in [0, 0.05) is 13.0 Å². The number of ether oxygens (including phenoxy) is 1. The van der Waals surface area contributed by atoms with E-state index in [2.05, 4.69) is 69.3 Å². The van der Waals surface area contributed by atoms with Gasteiger partial charge in [-0.2, -0.15) is 0 Å². The average molecular weight is 475 g/mol. The molecule has 35 heavy (non-hydrogen) atoms. The van der Waals surface area contributed by atoms with Crippen LogP contribution in [0.3, 0.4) is 0 Å². The molecule has 0 bridgehead atoms. The number of benzene rings is 1. The van der Waals surface area contributed by atoms with E-state index in [9.17, 15) is 4.39 Å². The molecule has 0 aliphatic heterocycles. The van der Waals surface area contributed by atoms with Crippen LogP contribution in [0, 0.1) is 11.8 Å². The Morgan fingerprint density at radius 2 is 1.69 bits per heavy atom. The fourth-order valence-electron chi connectivity index (χ4n) is 5.37. The topological polar surface area (TPSA) is 9.23 Å². The number of allylic oxidation sites excluding steroid dienone is 6. The van der Waals surface area contributed by atoms with Crippen molar-refractivity contribution in [3.63, 3.8) is 0 Å². The van der Waals surface area contributed by atoms with Crippen molar-refractivity contribution >= 4 is 0 Å². The number of hydrogen-bond donors (Lipinski definition) is 0. The van der Waals surface area contributed by atoms with Crippen LogP contribution in [-0.2, 0) is 11.2 Å². The van der Waals surface area contributed by atoms with E-state index in [0.29, 0.717) is 24.2 Å². The predicted molar refractivity (Wildman–Crippen MR) is 146 cm³/mol. The summed E-state index contributed by atoms with van der Waals surface area (Å²) < 4.78 is 20.2. The molecule has 4 atom stereocenters. The molecule has 0 heterocycles. The smallest absolute Gasteiger partial charge is 0.122 e. The van der Waals surface area contributed by atoms with Crippen LogP contribution in [-0.4, -0.2) is 18.9 Å².